The average Bonchev–Trinajstić information content (AvgIpc) is 2.83. The van der Waals surface area contributed by atoms with Crippen LogP contribution in [0.1, 0.15) is 52.4 Å². The van der Waals surface area contributed by atoms with E-state index in [1.165, 1.54) is 0 Å². The van der Waals surface area contributed by atoms with E-state index in [0.29, 0.717) is 26.1 Å². The summed E-state index contributed by atoms with van der Waals surface area (Å²) < 4.78 is 15.9. The summed E-state index contributed by atoms with van der Waals surface area (Å²) in [6, 6.07) is 0. The second-order valence-corrected chi connectivity index (χ2v) is 4.82. The molecule has 110 valence electrons. The summed E-state index contributed by atoms with van der Waals surface area (Å²) in [4.78, 5) is 22.4. The van der Waals surface area contributed by atoms with E-state index in [9.17, 15) is 9.59 Å². The fraction of sp³-hybridized carbons (Fsp3) is 0.857. The smallest absolute Gasteiger partial charge is 0.305 e. The Morgan fingerprint density at radius 1 is 0.947 bits per heavy atom. The van der Waals surface area contributed by atoms with Gasteiger partial charge in [0.1, 0.15) is 13.2 Å². The maximum atomic E-state index is 11.2. The van der Waals surface area contributed by atoms with Gasteiger partial charge in [-0.3, -0.25) is 9.59 Å². The molecule has 2 atom stereocenters. The van der Waals surface area contributed by atoms with Crippen LogP contribution >= 0.6 is 0 Å². The fourth-order valence-corrected chi connectivity index (χ4v) is 1.95. The molecule has 0 radical (unpaired) electrons. The summed E-state index contributed by atoms with van der Waals surface area (Å²) >= 11 is 0. The second kappa shape index (κ2) is 8.91. The minimum atomic E-state index is -0.177. The van der Waals surface area contributed by atoms with Crippen molar-refractivity contribution in [3.63, 3.8) is 0 Å². The quantitative estimate of drug-likeness (QED) is 0.634. The largest absolute Gasteiger partial charge is 0.463 e. The average molecular weight is 272 g/mol. The molecule has 5 nitrogen and oxygen atoms in total. The molecular formula is C14H24O5. The van der Waals surface area contributed by atoms with Gasteiger partial charge in [-0.15, -0.1) is 0 Å². The van der Waals surface area contributed by atoms with E-state index in [1.54, 1.807) is 0 Å². The van der Waals surface area contributed by atoms with Crippen molar-refractivity contribution in [2.24, 2.45) is 0 Å². The van der Waals surface area contributed by atoms with Gasteiger partial charge < -0.3 is 14.2 Å². The van der Waals surface area contributed by atoms with Crippen molar-refractivity contribution >= 4 is 11.9 Å². The van der Waals surface area contributed by atoms with E-state index in [2.05, 4.69) is 0 Å². The summed E-state index contributed by atoms with van der Waals surface area (Å²) in [7, 11) is 0. The normalized spacial score (nSPS) is 22.2. The third-order valence-corrected chi connectivity index (χ3v) is 2.96. The van der Waals surface area contributed by atoms with Crippen LogP contribution in [0.2, 0.25) is 0 Å². The molecule has 0 aromatic carbocycles. The third kappa shape index (κ3) is 6.57. The molecule has 1 heterocycles. The highest BCUT2D eigenvalue weighted by Crippen LogP contribution is 2.20. The van der Waals surface area contributed by atoms with Crippen LogP contribution in [0.5, 0.6) is 0 Å². The topological polar surface area (TPSA) is 61.8 Å². The predicted molar refractivity (Wildman–Crippen MR) is 69.6 cm³/mol. The minimum Gasteiger partial charge on any atom is -0.463 e. The molecule has 0 aromatic rings. The molecule has 1 rings (SSSR count). The third-order valence-electron chi connectivity index (χ3n) is 2.96. The molecule has 0 amide bonds. The van der Waals surface area contributed by atoms with Crippen LogP contribution in [0.4, 0.5) is 0 Å². The van der Waals surface area contributed by atoms with Gasteiger partial charge in [0, 0.05) is 12.8 Å². The summed E-state index contributed by atoms with van der Waals surface area (Å²) in [5, 5.41) is 0. The summed E-state index contributed by atoms with van der Waals surface area (Å²) in [6.45, 7) is 4.48. The zero-order valence-electron chi connectivity index (χ0n) is 11.9. The molecular weight excluding hydrogens is 248 g/mol. The molecule has 0 N–H and O–H groups in total. The monoisotopic (exact) mass is 272 g/mol. The lowest BCUT2D eigenvalue weighted by Crippen LogP contribution is -2.22. The van der Waals surface area contributed by atoms with Crippen LogP contribution in [0.15, 0.2) is 0 Å². The van der Waals surface area contributed by atoms with Gasteiger partial charge in [-0.05, 0) is 25.7 Å². The molecule has 1 aliphatic rings. The van der Waals surface area contributed by atoms with Gasteiger partial charge in [0.25, 0.3) is 0 Å². The lowest BCUT2D eigenvalue weighted by Gasteiger charge is -2.14. The zero-order chi connectivity index (χ0) is 14.1. The maximum Gasteiger partial charge on any atom is 0.305 e. The summed E-state index contributed by atoms with van der Waals surface area (Å²) in [6.07, 6.45) is 4.05. The highest BCUT2D eigenvalue weighted by molar-refractivity contribution is 5.69. The Bertz CT molecular complexity index is 262. The lowest BCUT2D eigenvalue weighted by molar-refractivity contribution is -0.150. The van der Waals surface area contributed by atoms with Gasteiger partial charge in [0.15, 0.2) is 0 Å². The van der Waals surface area contributed by atoms with Crippen LogP contribution < -0.4 is 0 Å². The number of hydrogen-bond acceptors (Lipinski definition) is 5. The molecule has 0 bridgehead atoms. The zero-order valence-corrected chi connectivity index (χ0v) is 11.9. The van der Waals surface area contributed by atoms with Crippen LogP contribution in [0.3, 0.4) is 0 Å². The Morgan fingerprint density at radius 2 is 1.37 bits per heavy atom. The van der Waals surface area contributed by atoms with E-state index in [0.717, 1.165) is 25.7 Å². The number of carbonyl (C=O) groups excluding carboxylic acids is 2. The Labute approximate surface area is 114 Å². The van der Waals surface area contributed by atoms with Gasteiger partial charge in [0.05, 0.1) is 12.2 Å². The van der Waals surface area contributed by atoms with Crippen molar-refractivity contribution in [3.05, 3.63) is 0 Å². The minimum absolute atomic E-state index is 0.0596. The lowest BCUT2D eigenvalue weighted by atomic mass is 10.2. The van der Waals surface area contributed by atoms with Crippen molar-refractivity contribution in [1.82, 2.24) is 0 Å². The highest BCUT2D eigenvalue weighted by Gasteiger charge is 2.27. The van der Waals surface area contributed by atoms with Gasteiger partial charge in [-0.2, -0.15) is 0 Å². The maximum absolute atomic E-state index is 11.2. The molecule has 0 spiro atoms. The van der Waals surface area contributed by atoms with Crippen LogP contribution in [-0.2, 0) is 23.8 Å². The molecule has 1 aliphatic heterocycles. The number of hydrogen-bond donors (Lipinski definition) is 0. The standard InChI is InChI=1S/C14H24O5/c1-3-5-13(15)17-9-11-7-8-12(19-11)10-18-14(16)6-4-2/h11-12H,3-10H2,1-2H3. The fourth-order valence-electron chi connectivity index (χ4n) is 1.95. The molecule has 1 fully saturated rings. The highest BCUT2D eigenvalue weighted by atomic mass is 16.6. The van der Waals surface area contributed by atoms with E-state index < -0.39 is 0 Å². The first-order valence-corrected chi connectivity index (χ1v) is 7.12. The van der Waals surface area contributed by atoms with Gasteiger partial charge >= 0.3 is 11.9 Å². The first-order chi connectivity index (χ1) is 9.15. The van der Waals surface area contributed by atoms with Crippen LogP contribution in [-0.4, -0.2) is 37.4 Å². The van der Waals surface area contributed by atoms with E-state index in [-0.39, 0.29) is 24.1 Å². The van der Waals surface area contributed by atoms with Crippen molar-refractivity contribution in [3.8, 4) is 0 Å². The Morgan fingerprint density at radius 3 is 1.74 bits per heavy atom. The van der Waals surface area contributed by atoms with Crippen LogP contribution in [0, 0.1) is 0 Å². The predicted octanol–water partition coefficient (Wildman–Crippen LogP) is 2.22. The molecule has 19 heavy (non-hydrogen) atoms. The summed E-state index contributed by atoms with van der Waals surface area (Å²) in [5.41, 5.74) is 0. The van der Waals surface area contributed by atoms with Gasteiger partial charge in [-0.25, -0.2) is 0 Å². The molecule has 0 aromatic heterocycles. The molecule has 0 aliphatic carbocycles. The number of rotatable bonds is 8. The first kappa shape index (κ1) is 16.0. The SMILES string of the molecule is CCCC(=O)OCC1CCC(COC(=O)CCC)O1. The van der Waals surface area contributed by atoms with Crippen molar-refractivity contribution < 1.29 is 23.8 Å². The number of esters is 2. The van der Waals surface area contributed by atoms with E-state index in [4.69, 9.17) is 14.2 Å². The van der Waals surface area contributed by atoms with Gasteiger partial charge in [0.2, 0.25) is 0 Å². The van der Waals surface area contributed by atoms with E-state index in [1.807, 2.05) is 13.8 Å². The van der Waals surface area contributed by atoms with Gasteiger partial charge in [-0.1, -0.05) is 13.8 Å². The second-order valence-electron chi connectivity index (χ2n) is 4.82. The number of carbonyl (C=O) groups is 2. The summed E-state index contributed by atoms with van der Waals surface area (Å²) in [5.74, 6) is -0.354. The van der Waals surface area contributed by atoms with E-state index >= 15 is 0 Å². The Kier molecular flexibility index (Phi) is 7.48. The van der Waals surface area contributed by atoms with Crippen molar-refractivity contribution in [2.45, 2.75) is 64.6 Å². The molecule has 5 heteroatoms. The van der Waals surface area contributed by atoms with Crippen molar-refractivity contribution in [2.75, 3.05) is 13.2 Å². The Hall–Kier alpha value is -1.10. The van der Waals surface area contributed by atoms with Crippen LogP contribution in [0.25, 0.3) is 0 Å². The Balaban J connectivity index is 2.12. The van der Waals surface area contributed by atoms with Crippen molar-refractivity contribution in [1.29, 1.82) is 0 Å². The molecule has 0 saturated carbocycles. The first-order valence-electron chi connectivity index (χ1n) is 7.12. The molecule has 1 saturated heterocycles. The molecule has 2 unspecified atom stereocenters. The number of ether oxygens (including phenoxy) is 3.